The lowest BCUT2D eigenvalue weighted by molar-refractivity contribution is 0.240. The predicted molar refractivity (Wildman–Crippen MR) is 76.7 cm³/mol. The van der Waals surface area contributed by atoms with Crippen LogP contribution >= 0.6 is 11.8 Å². The molecule has 1 aromatic rings. The van der Waals surface area contributed by atoms with E-state index in [1.54, 1.807) is 11.8 Å². The third kappa shape index (κ3) is 5.96. The third-order valence-electron chi connectivity index (χ3n) is 2.85. The lowest BCUT2D eigenvalue weighted by atomic mass is 10.2. The zero-order valence-corrected chi connectivity index (χ0v) is 11.6. The molecule has 0 atom stereocenters. The van der Waals surface area contributed by atoms with Crippen LogP contribution in [0.25, 0.3) is 0 Å². The number of urea groups is 1. The Morgan fingerprint density at radius 3 is 2.74 bits per heavy atom. The normalized spacial score (nSPS) is 14.2. The molecule has 1 aliphatic rings. The number of amides is 2. The molecule has 0 aliphatic heterocycles. The van der Waals surface area contributed by atoms with Gasteiger partial charge in [0.2, 0.25) is 0 Å². The van der Waals surface area contributed by atoms with Crippen molar-refractivity contribution in [3.8, 4) is 0 Å². The molecule has 0 unspecified atom stereocenters. The molecule has 1 fully saturated rings. The Kier molecular flexibility index (Phi) is 5.51. The summed E-state index contributed by atoms with van der Waals surface area (Å²) in [6.07, 6.45) is 3.17. The SMILES string of the molecule is O=C(NCCCSCc1ccc(F)cc1)NC1CC1. The van der Waals surface area contributed by atoms with Gasteiger partial charge >= 0.3 is 6.03 Å². The summed E-state index contributed by atoms with van der Waals surface area (Å²) in [5, 5.41) is 5.73. The standard InChI is InChI=1S/C14H19FN2OS/c15-12-4-2-11(3-5-12)10-19-9-1-8-16-14(18)17-13-6-7-13/h2-5,13H,1,6-10H2,(H2,16,17,18). The van der Waals surface area contributed by atoms with Crippen LogP contribution in [0.2, 0.25) is 0 Å². The van der Waals surface area contributed by atoms with Crippen molar-refractivity contribution in [1.29, 1.82) is 0 Å². The maximum Gasteiger partial charge on any atom is 0.315 e. The average Bonchev–Trinajstić information content (AvgIpc) is 3.19. The first-order valence-corrected chi connectivity index (χ1v) is 7.76. The van der Waals surface area contributed by atoms with Crippen molar-refractivity contribution in [2.45, 2.75) is 31.1 Å². The van der Waals surface area contributed by atoms with Crippen LogP contribution in [0.3, 0.4) is 0 Å². The Balaban J connectivity index is 1.47. The Labute approximate surface area is 117 Å². The average molecular weight is 282 g/mol. The van der Waals surface area contributed by atoms with Gasteiger partial charge in [0.25, 0.3) is 0 Å². The highest BCUT2D eigenvalue weighted by Gasteiger charge is 2.22. The van der Waals surface area contributed by atoms with Gasteiger partial charge in [-0.1, -0.05) is 12.1 Å². The predicted octanol–water partition coefficient (Wildman–Crippen LogP) is 2.91. The molecular weight excluding hydrogens is 263 g/mol. The molecule has 2 amide bonds. The molecule has 104 valence electrons. The highest BCUT2D eigenvalue weighted by atomic mass is 32.2. The second-order valence-corrected chi connectivity index (χ2v) is 5.81. The number of carbonyl (C=O) groups excluding carboxylic acids is 1. The van der Waals surface area contributed by atoms with E-state index in [1.807, 2.05) is 12.1 Å². The van der Waals surface area contributed by atoms with E-state index in [0.717, 1.165) is 36.3 Å². The first kappa shape index (κ1) is 14.2. The second-order valence-electron chi connectivity index (χ2n) is 4.71. The molecule has 1 saturated carbocycles. The Bertz CT molecular complexity index is 406. The molecule has 1 aliphatic carbocycles. The summed E-state index contributed by atoms with van der Waals surface area (Å²) in [4.78, 5) is 11.3. The topological polar surface area (TPSA) is 41.1 Å². The minimum absolute atomic E-state index is 0.0500. The smallest absolute Gasteiger partial charge is 0.315 e. The summed E-state index contributed by atoms with van der Waals surface area (Å²) >= 11 is 1.80. The summed E-state index contributed by atoms with van der Waals surface area (Å²) in [5.74, 6) is 1.68. The van der Waals surface area contributed by atoms with E-state index in [4.69, 9.17) is 0 Å². The number of hydrogen-bond donors (Lipinski definition) is 2. The highest BCUT2D eigenvalue weighted by Crippen LogP contribution is 2.18. The van der Waals surface area contributed by atoms with Crippen molar-refractivity contribution < 1.29 is 9.18 Å². The molecule has 0 bridgehead atoms. The fourth-order valence-corrected chi connectivity index (χ4v) is 2.53. The first-order chi connectivity index (χ1) is 9.24. The number of benzene rings is 1. The van der Waals surface area contributed by atoms with Gasteiger partial charge in [0.05, 0.1) is 0 Å². The zero-order chi connectivity index (χ0) is 13.5. The van der Waals surface area contributed by atoms with Crippen LogP contribution in [-0.4, -0.2) is 24.4 Å². The molecule has 2 N–H and O–H groups in total. The number of carbonyl (C=O) groups is 1. The quantitative estimate of drug-likeness (QED) is 0.755. The van der Waals surface area contributed by atoms with Crippen molar-refractivity contribution in [3.05, 3.63) is 35.6 Å². The molecule has 0 aromatic heterocycles. The summed E-state index contributed by atoms with van der Waals surface area (Å²) < 4.78 is 12.7. The van der Waals surface area contributed by atoms with E-state index in [0.29, 0.717) is 12.6 Å². The van der Waals surface area contributed by atoms with E-state index in [-0.39, 0.29) is 11.8 Å². The highest BCUT2D eigenvalue weighted by molar-refractivity contribution is 7.98. The van der Waals surface area contributed by atoms with Gasteiger partial charge in [-0.3, -0.25) is 0 Å². The van der Waals surface area contributed by atoms with E-state index in [1.165, 1.54) is 12.1 Å². The third-order valence-corrected chi connectivity index (χ3v) is 3.96. The number of halogens is 1. The van der Waals surface area contributed by atoms with Crippen LogP contribution in [0, 0.1) is 5.82 Å². The van der Waals surface area contributed by atoms with Crippen molar-refractivity contribution in [1.82, 2.24) is 10.6 Å². The number of thioether (sulfide) groups is 1. The van der Waals surface area contributed by atoms with Crippen molar-refractivity contribution in [3.63, 3.8) is 0 Å². The van der Waals surface area contributed by atoms with Crippen molar-refractivity contribution >= 4 is 17.8 Å². The molecule has 0 saturated heterocycles. The van der Waals surface area contributed by atoms with Crippen LogP contribution in [0.1, 0.15) is 24.8 Å². The number of hydrogen-bond acceptors (Lipinski definition) is 2. The molecule has 0 spiro atoms. The minimum atomic E-state index is -0.195. The Morgan fingerprint density at radius 2 is 2.05 bits per heavy atom. The largest absolute Gasteiger partial charge is 0.338 e. The summed E-state index contributed by atoms with van der Waals surface area (Å²) in [7, 11) is 0. The summed E-state index contributed by atoms with van der Waals surface area (Å²) in [5.41, 5.74) is 1.13. The molecule has 5 heteroatoms. The van der Waals surface area contributed by atoms with Crippen molar-refractivity contribution in [2.24, 2.45) is 0 Å². The molecule has 1 aromatic carbocycles. The molecule has 19 heavy (non-hydrogen) atoms. The molecule has 0 radical (unpaired) electrons. The molecule has 3 nitrogen and oxygen atoms in total. The van der Waals surface area contributed by atoms with Gasteiger partial charge in [-0.05, 0) is 42.7 Å². The molecular formula is C14H19FN2OS. The fourth-order valence-electron chi connectivity index (χ4n) is 1.61. The molecule has 2 rings (SSSR count). The van der Waals surface area contributed by atoms with Crippen LogP contribution in [0.15, 0.2) is 24.3 Å². The lowest BCUT2D eigenvalue weighted by Crippen LogP contribution is -2.37. The lowest BCUT2D eigenvalue weighted by Gasteiger charge is -2.06. The van der Waals surface area contributed by atoms with Gasteiger partial charge in [0.15, 0.2) is 0 Å². The van der Waals surface area contributed by atoms with E-state index in [9.17, 15) is 9.18 Å². The van der Waals surface area contributed by atoms with E-state index >= 15 is 0 Å². The van der Waals surface area contributed by atoms with Gasteiger partial charge in [0.1, 0.15) is 5.82 Å². The van der Waals surface area contributed by atoms with Crippen LogP contribution in [0.4, 0.5) is 9.18 Å². The second kappa shape index (κ2) is 7.38. The van der Waals surface area contributed by atoms with Crippen LogP contribution in [0.5, 0.6) is 0 Å². The van der Waals surface area contributed by atoms with Gasteiger partial charge in [-0.2, -0.15) is 11.8 Å². The Morgan fingerprint density at radius 1 is 1.32 bits per heavy atom. The van der Waals surface area contributed by atoms with Gasteiger partial charge in [0, 0.05) is 18.3 Å². The van der Waals surface area contributed by atoms with E-state index < -0.39 is 0 Å². The monoisotopic (exact) mass is 282 g/mol. The zero-order valence-electron chi connectivity index (χ0n) is 10.8. The van der Waals surface area contributed by atoms with Crippen LogP contribution < -0.4 is 10.6 Å². The summed E-state index contributed by atoms with van der Waals surface area (Å²) in [6.45, 7) is 0.703. The maximum absolute atomic E-state index is 12.7. The maximum atomic E-state index is 12.7. The minimum Gasteiger partial charge on any atom is -0.338 e. The fraction of sp³-hybridized carbons (Fsp3) is 0.500. The van der Waals surface area contributed by atoms with E-state index in [2.05, 4.69) is 10.6 Å². The number of rotatable bonds is 7. The molecule has 0 heterocycles. The van der Waals surface area contributed by atoms with Crippen molar-refractivity contribution in [2.75, 3.05) is 12.3 Å². The summed E-state index contributed by atoms with van der Waals surface area (Å²) in [6, 6.07) is 6.95. The first-order valence-electron chi connectivity index (χ1n) is 6.60. The van der Waals surface area contributed by atoms with Gasteiger partial charge in [-0.15, -0.1) is 0 Å². The van der Waals surface area contributed by atoms with Crippen LogP contribution in [-0.2, 0) is 5.75 Å². The van der Waals surface area contributed by atoms with Gasteiger partial charge in [-0.25, -0.2) is 9.18 Å². The van der Waals surface area contributed by atoms with Gasteiger partial charge < -0.3 is 10.6 Å². The number of nitrogens with one attached hydrogen (secondary N) is 2. The Hall–Kier alpha value is -1.23.